The summed E-state index contributed by atoms with van der Waals surface area (Å²) in [6.07, 6.45) is 3.97. The molecule has 0 N–H and O–H groups in total. The first-order valence-corrected chi connectivity index (χ1v) is 13.9. The van der Waals surface area contributed by atoms with Crippen LogP contribution < -0.4 is 4.90 Å². The van der Waals surface area contributed by atoms with E-state index in [4.69, 9.17) is 0 Å². The summed E-state index contributed by atoms with van der Waals surface area (Å²) < 4.78 is 26.0. The summed E-state index contributed by atoms with van der Waals surface area (Å²) in [6, 6.07) is 15.4. The van der Waals surface area contributed by atoms with Crippen LogP contribution in [0.25, 0.3) is 0 Å². The number of rotatable bonds is 7. The number of nitrogens with zero attached hydrogens (tertiary/aromatic N) is 2. The van der Waals surface area contributed by atoms with Crippen molar-refractivity contribution in [3.63, 3.8) is 0 Å². The number of anilines is 1. The number of sulfone groups is 1. The van der Waals surface area contributed by atoms with Crippen molar-refractivity contribution in [3.05, 3.63) is 59.7 Å². The number of hydrogen-bond donors (Lipinski definition) is 0. The molecule has 2 amide bonds. The minimum absolute atomic E-state index is 0.000379. The molecule has 34 heavy (non-hydrogen) atoms. The van der Waals surface area contributed by atoms with E-state index in [9.17, 15) is 18.0 Å². The molecule has 1 atom stereocenters. The smallest absolute Gasteiger partial charge is 0.226 e. The zero-order chi connectivity index (χ0) is 24.3. The Bertz CT molecular complexity index is 1140. The van der Waals surface area contributed by atoms with Crippen LogP contribution in [0, 0.1) is 5.92 Å². The van der Waals surface area contributed by atoms with Gasteiger partial charge in [-0.05, 0) is 67.9 Å². The topological polar surface area (TPSA) is 74.8 Å². The molecule has 6 nitrogen and oxygen atoms in total. The summed E-state index contributed by atoms with van der Waals surface area (Å²) in [7, 11) is -3.58. The lowest BCUT2D eigenvalue weighted by Crippen LogP contribution is -2.39. The maximum atomic E-state index is 13.0. The molecule has 0 aliphatic carbocycles. The number of carbonyl (C=O) groups is 2. The molecule has 2 heterocycles. The Balaban J connectivity index is 1.32. The van der Waals surface area contributed by atoms with E-state index >= 15 is 0 Å². The summed E-state index contributed by atoms with van der Waals surface area (Å²) in [6.45, 7) is 5.18. The van der Waals surface area contributed by atoms with E-state index in [1.54, 1.807) is 23.1 Å². The van der Waals surface area contributed by atoms with Gasteiger partial charge in [0.05, 0.1) is 10.6 Å². The molecule has 0 unspecified atom stereocenters. The summed E-state index contributed by atoms with van der Waals surface area (Å²) in [5, 5.41) is 0. The maximum absolute atomic E-state index is 13.0. The molecule has 1 saturated heterocycles. The molecule has 0 saturated carbocycles. The van der Waals surface area contributed by atoms with Gasteiger partial charge in [-0.2, -0.15) is 0 Å². The average molecular weight is 483 g/mol. The van der Waals surface area contributed by atoms with Crippen LogP contribution in [0.15, 0.2) is 53.4 Å². The number of fused-ring (bicyclic) bond motifs is 1. The van der Waals surface area contributed by atoms with Crippen LogP contribution in [-0.2, 0) is 32.3 Å². The van der Waals surface area contributed by atoms with Crippen LogP contribution in [0.4, 0.5) is 5.69 Å². The molecule has 0 spiro atoms. The van der Waals surface area contributed by atoms with Gasteiger partial charge >= 0.3 is 0 Å². The van der Waals surface area contributed by atoms with Crippen molar-refractivity contribution < 1.29 is 18.0 Å². The van der Waals surface area contributed by atoms with E-state index in [1.165, 1.54) is 5.56 Å². The van der Waals surface area contributed by atoms with Crippen LogP contribution >= 0.6 is 0 Å². The first-order valence-electron chi connectivity index (χ1n) is 12.3. The second kappa shape index (κ2) is 10.3. The molecule has 0 radical (unpaired) electrons. The number of benzene rings is 2. The average Bonchev–Trinajstić information content (AvgIpc) is 3.18. The number of amides is 2. The molecule has 1 fully saturated rings. The Morgan fingerprint density at radius 1 is 1.00 bits per heavy atom. The molecule has 0 bridgehead atoms. The Morgan fingerprint density at radius 2 is 1.71 bits per heavy atom. The molecular weight excluding hydrogens is 448 g/mol. The Morgan fingerprint density at radius 3 is 2.38 bits per heavy atom. The lowest BCUT2D eigenvalue weighted by molar-refractivity contribution is -0.132. The Hall–Kier alpha value is -2.67. The van der Waals surface area contributed by atoms with E-state index < -0.39 is 9.84 Å². The highest BCUT2D eigenvalue weighted by molar-refractivity contribution is 7.91. The first-order chi connectivity index (χ1) is 16.3. The van der Waals surface area contributed by atoms with Gasteiger partial charge in [0.1, 0.15) is 0 Å². The minimum Gasteiger partial charge on any atom is -0.343 e. The molecule has 7 heteroatoms. The lowest BCUT2D eigenvalue weighted by Gasteiger charge is -2.32. The molecule has 2 aliphatic heterocycles. The van der Waals surface area contributed by atoms with Gasteiger partial charge in [0.2, 0.25) is 11.8 Å². The largest absolute Gasteiger partial charge is 0.343 e. The second-order valence-corrected chi connectivity index (χ2v) is 11.7. The second-order valence-electron chi connectivity index (χ2n) is 9.54. The molecule has 182 valence electrons. The van der Waals surface area contributed by atoms with Crippen LogP contribution in [-0.4, -0.2) is 50.0 Å². The summed E-state index contributed by atoms with van der Waals surface area (Å²) >= 11 is 0. The summed E-state index contributed by atoms with van der Waals surface area (Å²) in [4.78, 5) is 28.8. The van der Waals surface area contributed by atoms with Gasteiger partial charge in [-0.1, -0.05) is 37.3 Å². The zero-order valence-corrected chi connectivity index (χ0v) is 20.9. The van der Waals surface area contributed by atoms with Crippen molar-refractivity contribution in [2.24, 2.45) is 5.92 Å². The van der Waals surface area contributed by atoms with Gasteiger partial charge in [0, 0.05) is 37.7 Å². The Kier molecular flexibility index (Phi) is 7.41. The van der Waals surface area contributed by atoms with Gasteiger partial charge in [-0.25, -0.2) is 8.42 Å². The van der Waals surface area contributed by atoms with Crippen molar-refractivity contribution in [1.29, 1.82) is 0 Å². The van der Waals surface area contributed by atoms with Gasteiger partial charge in [-0.15, -0.1) is 0 Å². The minimum atomic E-state index is -3.58. The van der Waals surface area contributed by atoms with E-state index in [0.717, 1.165) is 30.5 Å². The van der Waals surface area contributed by atoms with Crippen LogP contribution in [0.3, 0.4) is 0 Å². The monoisotopic (exact) mass is 482 g/mol. The molecular formula is C27H34N2O4S. The highest BCUT2D eigenvalue weighted by Gasteiger charge is 2.31. The fourth-order valence-electron chi connectivity index (χ4n) is 5.18. The van der Waals surface area contributed by atoms with Gasteiger partial charge in [0.25, 0.3) is 0 Å². The number of carbonyl (C=O) groups excluding carboxylic acids is 2. The van der Waals surface area contributed by atoms with Crippen molar-refractivity contribution in [2.45, 2.75) is 63.3 Å². The van der Waals surface area contributed by atoms with E-state index in [-0.39, 0.29) is 34.9 Å². The van der Waals surface area contributed by atoms with Crippen molar-refractivity contribution in [3.8, 4) is 0 Å². The van der Waals surface area contributed by atoms with Crippen molar-refractivity contribution in [2.75, 3.05) is 23.7 Å². The van der Waals surface area contributed by atoms with E-state index in [1.807, 2.05) is 24.8 Å². The fourth-order valence-corrected chi connectivity index (χ4v) is 6.46. The van der Waals surface area contributed by atoms with Gasteiger partial charge in [0.15, 0.2) is 9.84 Å². The summed E-state index contributed by atoms with van der Waals surface area (Å²) in [5.74, 6) is 0.321. The van der Waals surface area contributed by atoms with Crippen molar-refractivity contribution >= 4 is 27.3 Å². The Labute approximate surface area is 202 Å². The SMILES string of the molecule is CCC(=O)N1c2ccc(S(=O)(=O)CCC(=O)N3CCC(Cc4ccccc4)CC3)cc2C[C@H]1C. The third-order valence-electron chi connectivity index (χ3n) is 7.12. The highest BCUT2D eigenvalue weighted by Crippen LogP contribution is 2.34. The molecule has 2 aromatic rings. The van der Waals surface area contributed by atoms with Crippen LogP contribution in [0.1, 0.15) is 50.7 Å². The quantitative estimate of drug-likeness (QED) is 0.597. The van der Waals surface area contributed by atoms with Crippen LogP contribution in [0.2, 0.25) is 0 Å². The van der Waals surface area contributed by atoms with E-state index in [2.05, 4.69) is 24.3 Å². The van der Waals surface area contributed by atoms with Crippen LogP contribution in [0.5, 0.6) is 0 Å². The molecule has 0 aromatic heterocycles. The lowest BCUT2D eigenvalue weighted by atomic mass is 9.90. The summed E-state index contributed by atoms with van der Waals surface area (Å²) in [5.41, 5.74) is 3.00. The number of likely N-dealkylation sites (tertiary alicyclic amines) is 1. The third-order valence-corrected chi connectivity index (χ3v) is 8.83. The van der Waals surface area contributed by atoms with Gasteiger partial charge in [-0.3, -0.25) is 9.59 Å². The molecule has 2 aromatic carbocycles. The predicted octanol–water partition coefficient (Wildman–Crippen LogP) is 4.02. The number of hydrogen-bond acceptors (Lipinski definition) is 4. The molecule has 2 aliphatic rings. The highest BCUT2D eigenvalue weighted by atomic mass is 32.2. The maximum Gasteiger partial charge on any atom is 0.226 e. The van der Waals surface area contributed by atoms with E-state index in [0.29, 0.717) is 31.8 Å². The zero-order valence-electron chi connectivity index (χ0n) is 20.1. The third kappa shape index (κ3) is 5.35. The van der Waals surface area contributed by atoms with Crippen molar-refractivity contribution in [1.82, 2.24) is 4.90 Å². The predicted molar refractivity (Wildman–Crippen MR) is 134 cm³/mol. The standard InChI is InChI=1S/C27H34N2O4S/c1-3-26(30)29-20(2)17-23-19-24(9-10-25(23)29)34(32,33)16-13-27(31)28-14-11-22(12-15-28)18-21-7-5-4-6-8-21/h4-10,19-20,22H,3,11-18H2,1-2H3/t20-/m1/s1. The number of piperidine rings is 1. The fraction of sp³-hybridized carbons (Fsp3) is 0.481. The first kappa shape index (κ1) is 24.5. The van der Waals surface area contributed by atoms with Gasteiger partial charge < -0.3 is 9.80 Å². The normalized spacial score (nSPS) is 18.7. The molecule has 4 rings (SSSR count).